The van der Waals surface area contributed by atoms with Crippen molar-refractivity contribution in [3.05, 3.63) is 40.6 Å². The first-order valence-corrected chi connectivity index (χ1v) is 8.81. The van der Waals surface area contributed by atoms with Crippen LogP contribution in [0.4, 0.5) is 0 Å². The summed E-state index contributed by atoms with van der Waals surface area (Å²) >= 11 is 0. The van der Waals surface area contributed by atoms with Crippen LogP contribution in [0.5, 0.6) is 0 Å². The van der Waals surface area contributed by atoms with E-state index in [1.54, 1.807) is 0 Å². The average Bonchev–Trinajstić information content (AvgIpc) is 3.08. The fourth-order valence-electron chi connectivity index (χ4n) is 3.24. The quantitative estimate of drug-likeness (QED) is 0.867. The molecule has 1 aliphatic carbocycles. The Morgan fingerprint density at radius 2 is 2.20 bits per heavy atom. The number of aromatic nitrogens is 2. The summed E-state index contributed by atoms with van der Waals surface area (Å²) in [6.45, 7) is 1.89. The van der Waals surface area contributed by atoms with Crippen LogP contribution >= 0.6 is 10.7 Å². The molecule has 0 aromatic carbocycles. The lowest BCUT2D eigenvalue weighted by molar-refractivity contribution is 0.196. The first-order chi connectivity index (χ1) is 9.75. The largest absolute Gasteiger partial charge is 0.393 e. The second kappa shape index (κ2) is 6.10. The van der Waals surface area contributed by atoms with Gasteiger partial charge in [0.1, 0.15) is 17.0 Å². The van der Waals surface area contributed by atoms with E-state index < -0.39 is 0 Å². The maximum atomic E-state index is 9.86. The van der Waals surface area contributed by atoms with Gasteiger partial charge in [0.15, 0.2) is 10.3 Å². The van der Waals surface area contributed by atoms with Crippen LogP contribution in [-0.4, -0.2) is 20.2 Å². The van der Waals surface area contributed by atoms with Gasteiger partial charge in [-0.3, -0.25) is 0 Å². The van der Waals surface area contributed by atoms with E-state index in [-0.39, 0.29) is 16.8 Å². The molecule has 3 nitrogen and oxygen atoms in total. The van der Waals surface area contributed by atoms with Gasteiger partial charge in [-0.25, -0.2) is 4.98 Å². The summed E-state index contributed by atoms with van der Waals surface area (Å²) in [5, 5.41) is 12.2. The maximum absolute atomic E-state index is 9.86. The summed E-state index contributed by atoms with van der Waals surface area (Å²) < 4.78 is 2.17. The summed E-state index contributed by atoms with van der Waals surface area (Å²) in [7, 11) is -0.0564. The Kier molecular flexibility index (Phi) is 4.22. The molecule has 0 aliphatic heterocycles. The second-order valence-corrected chi connectivity index (χ2v) is 7.62. The summed E-state index contributed by atoms with van der Waals surface area (Å²) in [4.78, 5) is 5.59. The van der Waals surface area contributed by atoms with Crippen LogP contribution in [0.1, 0.15) is 55.4 Å². The molecule has 4 heteroatoms. The number of aliphatic hydroxyl groups is 1. The first-order valence-electron chi connectivity index (χ1n) is 7.56. The molecule has 0 bridgehead atoms. The van der Waals surface area contributed by atoms with Crippen LogP contribution in [0.3, 0.4) is 0 Å². The van der Waals surface area contributed by atoms with Gasteiger partial charge in [-0.2, -0.15) is 0 Å². The third kappa shape index (κ3) is 2.81. The van der Waals surface area contributed by atoms with E-state index in [0.717, 1.165) is 6.42 Å². The SMILES string of the molecule is CC(O)Cc1c(C2CCCCC2)cc[s+]1-n1ccnc1. The molecular formula is C16H23N2OS+. The van der Waals surface area contributed by atoms with Gasteiger partial charge in [0.05, 0.1) is 24.9 Å². The predicted molar refractivity (Wildman–Crippen MR) is 83.2 cm³/mol. The lowest BCUT2D eigenvalue weighted by atomic mass is 9.84. The molecule has 0 spiro atoms. The van der Waals surface area contributed by atoms with Crippen molar-refractivity contribution in [1.29, 1.82) is 0 Å². The normalized spacial score (nSPS) is 19.2. The molecule has 0 amide bonds. The molecule has 20 heavy (non-hydrogen) atoms. The van der Waals surface area contributed by atoms with Crippen molar-refractivity contribution in [3.8, 4) is 0 Å². The van der Waals surface area contributed by atoms with Crippen molar-refractivity contribution in [1.82, 2.24) is 8.96 Å². The Morgan fingerprint density at radius 3 is 2.85 bits per heavy atom. The molecule has 1 saturated carbocycles. The van der Waals surface area contributed by atoms with E-state index in [9.17, 15) is 5.11 Å². The zero-order valence-corrected chi connectivity index (χ0v) is 12.9. The fraction of sp³-hybridized carbons (Fsp3) is 0.562. The molecule has 2 heterocycles. The monoisotopic (exact) mass is 291 g/mol. The van der Waals surface area contributed by atoms with Gasteiger partial charge in [0, 0.05) is 11.6 Å². The molecule has 2 aromatic heterocycles. The zero-order valence-electron chi connectivity index (χ0n) is 12.0. The van der Waals surface area contributed by atoms with E-state index >= 15 is 0 Å². The van der Waals surface area contributed by atoms with Crippen molar-refractivity contribution >= 4 is 10.7 Å². The van der Waals surface area contributed by atoms with Crippen molar-refractivity contribution in [2.24, 2.45) is 0 Å². The second-order valence-electron chi connectivity index (χ2n) is 5.81. The lowest BCUT2D eigenvalue weighted by Crippen LogP contribution is -2.10. The molecule has 2 unspecified atom stereocenters. The Morgan fingerprint density at radius 1 is 1.40 bits per heavy atom. The van der Waals surface area contributed by atoms with Gasteiger partial charge < -0.3 is 5.11 Å². The number of rotatable bonds is 4. The van der Waals surface area contributed by atoms with Crippen molar-refractivity contribution < 1.29 is 5.11 Å². The molecule has 3 rings (SSSR count). The molecule has 1 aliphatic rings. The van der Waals surface area contributed by atoms with Crippen LogP contribution in [0.2, 0.25) is 0 Å². The van der Waals surface area contributed by atoms with Crippen LogP contribution in [-0.2, 0) is 6.42 Å². The van der Waals surface area contributed by atoms with Crippen LogP contribution in [0, 0.1) is 0 Å². The number of thiophene rings is 1. The average molecular weight is 291 g/mol. The fourth-order valence-corrected chi connectivity index (χ4v) is 5.31. The summed E-state index contributed by atoms with van der Waals surface area (Å²) in [5.74, 6) is 0.703. The van der Waals surface area contributed by atoms with Gasteiger partial charge in [0.2, 0.25) is 0 Å². The molecule has 2 atom stereocenters. The van der Waals surface area contributed by atoms with E-state index in [0.29, 0.717) is 5.92 Å². The summed E-state index contributed by atoms with van der Waals surface area (Å²) in [6, 6.07) is 2.32. The number of hydrogen-bond acceptors (Lipinski definition) is 2. The minimum Gasteiger partial charge on any atom is -0.393 e. The Balaban J connectivity index is 1.96. The highest BCUT2D eigenvalue weighted by Gasteiger charge is 2.28. The van der Waals surface area contributed by atoms with Gasteiger partial charge in [-0.1, -0.05) is 19.3 Å². The molecule has 108 valence electrons. The van der Waals surface area contributed by atoms with E-state index in [1.165, 1.54) is 42.5 Å². The van der Waals surface area contributed by atoms with Crippen LogP contribution in [0.15, 0.2) is 30.2 Å². The lowest BCUT2D eigenvalue weighted by Gasteiger charge is -2.21. The van der Waals surface area contributed by atoms with Crippen LogP contribution in [0.25, 0.3) is 0 Å². The van der Waals surface area contributed by atoms with Gasteiger partial charge in [-0.05, 0) is 25.7 Å². The Hall–Kier alpha value is -1.13. The minimum atomic E-state index is -0.276. The minimum absolute atomic E-state index is 0.0564. The maximum Gasteiger partial charge on any atom is 0.184 e. The molecule has 0 saturated heterocycles. The third-order valence-electron chi connectivity index (χ3n) is 4.18. The summed E-state index contributed by atoms with van der Waals surface area (Å²) in [6.07, 6.45) is 13.0. The highest BCUT2D eigenvalue weighted by atomic mass is 32.2. The van der Waals surface area contributed by atoms with Gasteiger partial charge in [-0.15, -0.1) is 3.97 Å². The Bertz CT molecular complexity index is 539. The topological polar surface area (TPSA) is 38.0 Å². The number of aliphatic hydroxyl groups excluding tert-OH is 1. The van der Waals surface area contributed by atoms with Gasteiger partial charge >= 0.3 is 0 Å². The van der Waals surface area contributed by atoms with E-state index in [2.05, 4.69) is 20.4 Å². The standard InChI is InChI=1S/C16H23N2OS/c1-13(19)11-16-15(14-5-3-2-4-6-14)7-10-20(16)18-9-8-17-12-18/h7-10,12-14,19H,2-6,11H2,1H3/q+1. The molecule has 1 N–H and O–H groups in total. The van der Waals surface area contributed by atoms with Crippen molar-refractivity contribution in [3.63, 3.8) is 0 Å². The zero-order chi connectivity index (χ0) is 13.9. The summed E-state index contributed by atoms with van der Waals surface area (Å²) in [5.41, 5.74) is 1.50. The predicted octanol–water partition coefficient (Wildman–Crippen LogP) is 3.91. The number of hydrogen-bond donors (Lipinski definition) is 1. The van der Waals surface area contributed by atoms with E-state index in [1.807, 2.05) is 25.6 Å². The molecule has 0 radical (unpaired) electrons. The third-order valence-corrected chi connectivity index (χ3v) is 6.16. The number of nitrogens with zero attached hydrogens (tertiary/aromatic N) is 2. The number of imidazole rings is 1. The first kappa shape index (κ1) is 13.8. The smallest absolute Gasteiger partial charge is 0.184 e. The molecular weight excluding hydrogens is 268 g/mol. The van der Waals surface area contributed by atoms with Gasteiger partial charge in [0.25, 0.3) is 0 Å². The van der Waals surface area contributed by atoms with E-state index in [4.69, 9.17) is 0 Å². The van der Waals surface area contributed by atoms with Crippen LogP contribution < -0.4 is 0 Å². The molecule has 2 aromatic rings. The van der Waals surface area contributed by atoms with Crippen molar-refractivity contribution in [2.45, 2.75) is 57.5 Å². The Labute approximate surface area is 123 Å². The molecule has 1 fully saturated rings. The highest BCUT2D eigenvalue weighted by Crippen LogP contribution is 2.41. The van der Waals surface area contributed by atoms with Crippen molar-refractivity contribution in [2.75, 3.05) is 0 Å². The highest BCUT2D eigenvalue weighted by molar-refractivity contribution is 7.28.